The molecule has 52 heavy (non-hydrogen) atoms. The summed E-state index contributed by atoms with van der Waals surface area (Å²) >= 11 is 0. The lowest BCUT2D eigenvalue weighted by molar-refractivity contribution is 0.606. The number of hydrogen-bond acceptors (Lipinski definition) is 7. The topological polar surface area (TPSA) is 90.7 Å². The standard InChI is InChI=1S/C45H25N5O2/c1-3-13-28-26(11-1)23-34(32-17-7-5-15-30(28)32)36-19-9-21-38(46-36)44-49-42-40(51-44)25-41-43(48-42)50-45(52-41)39-22-10-20-37(47-39)35-24-27-12-2-4-14-29(27)31-16-6-8-18-33(31)35/h1-25H. The molecule has 0 aliphatic carbocycles. The fourth-order valence-corrected chi connectivity index (χ4v) is 7.37. The molecule has 0 N–H and O–H groups in total. The maximum Gasteiger partial charge on any atom is 0.247 e. The van der Waals surface area contributed by atoms with Gasteiger partial charge in [-0.3, -0.25) is 0 Å². The van der Waals surface area contributed by atoms with Gasteiger partial charge in [0.15, 0.2) is 11.2 Å². The molecule has 0 fully saturated rings. The van der Waals surface area contributed by atoms with Crippen LogP contribution in [0.3, 0.4) is 0 Å². The van der Waals surface area contributed by atoms with Gasteiger partial charge in [-0.15, -0.1) is 0 Å². The summed E-state index contributed by atoms with van der Waals surface area (Å²) in [4.78, 5) is 24.2. The van der Waals surface area contributed by atoms with E-state index in [0.29, 0.717) is 45.6 Å². The second-order valence-electron chi connectivity index (χ2n) is 12.9. The Morgan fingerprint density at radius 2 is 0.712 bits per heavy atom. The largest absolute Gasteiger partial charge is 0.433 e. The lowest BCUT2D eigenvalue weighted by Gasteiger charge is -2.11. The smallest absolute Gasteiger partial charge is 0.247 e. The molecule has 11 aromatic rings. The molecule has 0 radical (unpaired) electrons. The minimum absolute atomic E-state index is 0.374. The molecule has 7 nitrogen and oxygen atoms in total. The van der Waals surface area contributed by atoms with Crippen LogP contribution in [0.25, 0.3) is 111 Å². The van der Waals surface area contributed by atoms with E-state index in [2.05, 4.69) is 109 Å². The third-order valence-corrected chi connectivity index (χ3v) is 9.77. The van der Waals surface area contributed by atoms with Crippen LogP contribution in [-0.2, 0) is 0 Å². The van der Waals surface area contributed by atoms with Gasteiger partial charge in [0.05, 0.1) is 11.4 Å². The zero-order chi connectivity index (χ0) is 34.2. The van der Waals surface area contributed by atoms with Crippen LogP contribution in [0.15, 0.2) is 160 Å². The summed E-state index contributed by atoms with van der Waals surface area (Å²) in [6.07, 6.45) is 0. The zero-order valence-corrected chi connectivity index (χ0v) is 27.5. The number of pyridine rings is 3. The van der Waals surface area contributed by atoms with Crippen LogP contribution in [-0.4, -0.2) is 24.9 Å². The van der Waals surface area contributed by atoms with Crippen LogP contribution in [0.1, 0.15) is 0 Å². The normalized spacial score (nSPS) is 11.8. The van der Waals surface area contributed by atoms with Gasteiger partial charge in [0.25, 0.3) is 0 Å². The Bertz CT molecular complexity index is 2950. The first kappa shape index (κ1) is 28.6. The van der Waals surface area contributed by atoms with Crippen molar-refractivity contribution in [2.45, 2.75) is 0 Å². The van der Waals surface area contributed by atoms with E-state index in [1.54, 1.807) is 6.07 Å². The second-order valence-corrected chi connectivity index (χ2v) is 12.9. The fourth-order valence-electron chi connectivity index (χ4n) is 7.37. The van der Waals surface area contributed by atoms with E-state index >= 15 is 0 Å². The molecular formula is C45H25N5O2. The van der Waals surface area contributed by atoms with Gasteiger partial charge in [0.2, 0.25) is 23.1 Å². The summed E-state index contributed by atoms with van der Waals surface area (Å²) in [5.41, 5.74) is 6.81. The molecule has 0 atom stereocenters. The number of nitrogens with zero attached hydrogens (tertiary/aromatic N) is 5. The zero-order valence-electron chi connectivity index (χ0n) is 27.5. The third-order valence-electron chi connectivity index (χ3n) is 9.77. The van der Waals surface area contributed by atoms with E-state index in [9.17, 15) is 0 Å². The average molecular weight is 668 g/mol. The summed E-state index contributed by atoms with van der Waals surface area (Å²) < 4.78 is 12.5. The van der Waals surface area contributed by atoms with Gasteiger partial charge >= 0.3 is 0 Å². The predicted octanol–water partition coefficient (Wildman–Crippen LogP) is 11.4. The highest BCUT2D eigenvalue weighted by atomic mass is 16.4. The highest BCUT2D eigenvalue weighted by Crippen LogP contribution is 2.37. The van der Waals surface area contributed by atoms with Crippen molar-refractivity contribution in [2.24, 2.45) is 0 Å². The predicted molar refractivity (Wildman–Crippen MR) is 207 cm³/mol. The van der Waals surface area contributed by atoms with Gasteiger partial charge in [-0.2, -0.15) is 9.97 Å². The second kappa shape index (κ2) is 11.1. The summed E-state index contributed by atoms with van der Waals surface area (Å²) in [7, 11) is 0. The third kappa shape index (κ3) is 4.50. The number of rotatable bonds is 4. The Kier molecular flexibility index (Phi) is 6.12. The lowest BCUT2D eigenvalue weighted by Crippen LogP contribution is -1.90. The Hall–Kier alpha value is -7.25. The first-order chi connectivity index (χ1) is 25.7. The molecule has 7 heteroatoms. The van der Waals surface area contributed by atoms with E-state index in [0.717, 1.165) is 44.1 Å². The average Bonchev–Trinajstić information content (AvgIpc) is 3.83. The summed E-state index contributed by atoms with van der Waals surface area (Å²) in [5, 5.41) is 9.40. The molecule has 6 aromatic carbocycles. The van der Waals surface area contributed by atoms with Gasteiger partial charge < -0.3 is 8.83 Å². The number of benzene rings is 6. The molecule has 0 bridgehead atoms. The number of fused-ring (bicyclic) bond motifs is 8. The molecule has 242 valence electrons. The number of oxazole rings is 2. The van der Waals surface area contributed by atoms with Gasteiger partial charge in [0, 0.05) is 17.2 Å². The molecule has 0 spiro atoms. The fraction of sp³-hybridized carbons (Fsp3) is 0. The Morgan fingerprint density at radius 1 is 0.308 bits per heavy atom. The highest BCUT2D eigenvalue weighted by Gasteiger charge is 2.19. The van der Waals surface area contributed by atoms with Crippen LogP contribution in [0.4, 0.5) is 0 Å². The van der Waals surface area contributed by atoms with Gasteiger partial charge in [0.1, 0.15) is 11.4 Å². The Morgan fingerprint density at radius 3 is 1.19 bits per heavy atom. The van der Waals surface area contributed by atoms with Crippen molar-refractivity contribution in [3.05, 3.63) is 152 Å². The van der Waals surface area contributed by atoms with E-state index in [4.69, 9.17) is 33.8 Å². The van der Waals surface area contributed by atoms with Crippen molar-refractivity contribution in [1.29, 1.82) is 0 Å². The van der Waals surface area contributed by atoms with Crippen molar-refractivity contribution < 1.29 is 8.83 Å². The van der Waals surface area contributed by atoms with Crippen LogP contribution in [0, 0.1) is 0 Å². The summed E-state index contributed by atoms with van der Waals surface area (Å²) in [6.45, 7) is 0. The van der Waals surface area contributed by atoms with Gasteiger partial charge in [-0.05, 0) is 79.5 Å². The van der Waals surface area contributed by atoms with Crippen molar-refractivity contribution >= 4 is 65.6 Å². The van der Waals surface area contributed by atoms with Crippen molar-refractivity contribution in [3.8, 4) is 45.7 Å². The van der Waals surface area contributed by atoms with E-state index in [-0.39, 0.29) is 0 Å². The Labute approximate surface area is 295 Å². The van der Waals surface area contributed by atoms with E-state index < -0.39 is 0 Å². The van der Waals surface area contributed by atoms with Crippen molar-refractivity contribution in [2.75, 3.05) is 0 Å². The maximum absolute atomic E-state index is 6.24. The van der Waals surface area contributed by atoms with Crippen LogP contribution < -0.4 is 0 Å². The highest BCUT2D eigenvalue weighted by molar-refractivity contribution is 6.14. The molecule has 0 aliphatic heterocycles. The maximum atomic E-state index is 6.24. The van der Waals surface area contributed by atoms with Crippen LogP contribution >= 0.6 is 0 Å². The first-order valence-electron chi connectivity index (χ1n) is 17.1. The molecule has 11 rings (SSSR count). The molecule has 0 amide bonds. The summed E-state index contributed by atoms with van der Waals surface area (Å²) in [5.74, 6) is 0.749. The van der Waals surface area contributed by atoms with Crippen LogP contribution in [0.2, 0.25) is 0 Å². The van der Waals surface area contributed by atoms with E-state index in [1.165, 1.54) is 21.5 Å². The quantitative estimate of drug-likeness (QED) is 0.172. The van der Waals surface area contributed by atoms with Crippen LogP contribution in [0.5, 0.6) is 0 Å². The molecule has 0 aliphatic rings. The summed E-state index contributed by atoms with van der Waals surface area (Å²) in [6, 6.07) is 51.7. The molecule has 5 heterocycles. The molecule has 0 saturated carbocycles. The molecule has 0 unspecified atom stereocenters. The van der Waals surface area contributed by atoms with E-state index in [1.807, 2.05) is 36.4 Å². The van der Waals surface area contributed by atoms with Crippen molar-refractivity contribution in [3.63, 3.8) is 0 Å². The first-order valence-corrected chi connectivity index (χ1v) is 17.1. The lowest BCUT2D eigenvalue weighted by atomic mass is 9.95. The monoisotopic (exact) mass is 667 g/mol. The SMILES string of the molecule is c1cc(-c2nc3nc4nc(-c5cccc(-c6cc7ccccc7c7ccccc67)n5)oc4cc3o2)nc(-c2cc3ccccc3c3ccccc23)c1. The molecule has 5 aromatic heterocycles. The minimum Gasteiger partial charge on any atom is -0.433 e. The molecular weight excluding hydrogens is 643 g/mol. The van der Waals surface area contributed by atoms with Crippen molar-refractivity contribution in [1.82, 2.24) is 24.9 Å². The Balaban J connectivity index is 0.963. The van der Waals surface area contributed by atoms with Gasteiger partial charge in [-0.25, -0.2) is 15.0 Å². The minimum atomic E-state index is 0.374. The van der Waals surface area contributed by atoms with Gasteiger partial charge in [-0.1, -0.05) is 109 Å². The molecule has 0 saturated heterocycles. The number of hydrogen-bond donors (Lipinski definition) is 0. The number of aromatic nitrogens is 5.